The van der Waals surface area contributed by atoms with Crippen molar-refractivity contribution in [1.82, 2.24) is 49.2 Å². The van der Waals surface area contributed by atoms with Gasteiger partial charge in [0.05, 0.1) is 39.1 Å². The SMILES string of the molecule is Cc1nc2c(ncn2[C@@H]2O[C@@H]3COP(=O)(NCCO)O[C@@H]4C(O)[C@H](n5cnc6c(N)ncnc65)O[C@@H]4COP(=O)(NCCO)O[C@H]2C3O)c(=O)[nH]1. The molecule has 3 saturated heterocycles. The lowest BCUT2D eigenvalue weighted by atomic mass is 10.1. The van der Waals surface area contributed by atoms with E-state index in [4.69, 9.17) is 33.3 Å². The third kappa shape index (κ3) is 6.84. The Labute approximate surface area is 286 Å². The normalized spacial score (nSPS) is 34.7. The summed E-state index contributed by atoms with van der Waals surface area (Å²) in [7, 11) is -9.05. The highest BCUT2D eigenvalue weighted by molar-refractivity contribution is 7.52. The standard InChI is InChI=1S/C25H35N11O13P2/c1-11-33-22-15(23(41)34-11)30-10-36(22)25-19-16(39)12(46-25)6-44-50(42,31-2-4-37)48-18-13(7-45-51(43,49-19)32-3-5-38)47-24(17(18)40)35-9-29-14-20(26)27-8-28-21(14)35/h8-10,12-13,16-19,24-25,37-40H,2-7H2,1H3,(H,31,42)(H,32,43)(H2,26,27,28)(H,33,34,41)/t12-,13-,16?,17?,18+,19+,24-,25-,50?,51?/m1/s1. The highest BCUT2D eigenvalue weighted by Crippen LogP contribution is 2.54. The molecule has 3 aliphatic rings. The molecule has 0 aliphatic carbocycles. The van der Waals surface area contributed by atoms with Crippen molar-refractivity contribution in [1.29, 1.82) is 0 Å². The van der Waals surface area contributed by atoms with Crippen LogP contribution >= 0.6 is 15.5 Å². The van der Waals surface area contributed by atoms with Gasteiger partial charge >= 0.3 is 15.5 Å². The molecule has 0 spiro atoms. The molecule has 278 valence electrons. The van der Waals surface area contributed by atoms with Gasteiger partial charge in [0, 0.05) is 13.1 Å². The van der Waals surface area contributed by atoms with E-state index in [1.807, 2.05) is 0 Å². The number of nitrogens with two attached hydrogens (primary N) is 1. The maximum absolute atomic E-state index is 14.3. The van der Waals surface area contributed by atoms with E-state index in [-0.39, 0.29) is 47.1 Å². The molecule has 0 radical (unpaired) electrons. The number of nitrogen functional groups attached to an aromatic ring is 1. The Balaban J connectivity index is 1.27. The molecular weight excluding hydrogens is 724 g/mol. The fourth-order valence-corrected chi connectivity index (χ4v) is 8.97. The maximum Gasteiger partial charge on any atom is 0.406 e. The fraction of sp³-hybridized carbons (Fsp3) is 0.600. The number of nitrogens with one attached hydrogen (secondary N) is 3. The van der Waals surface area contributed by atoms with Crippen LogP contribution in [0.3, 0.4) is 0 Å². The first-order valence-corrected chi connectivity index (χ1v) is 18.6. The number of ether oxygens (including phenoxy) is 2. The monoisotopic (exact) mass is 759 g/mol. The van der Waals surface area contributed by atoms with Gasteiger partial charge in [-0.3, -0.25) is 32.0 Å². The number of hydrogen-bond acceptors (Lipinski definition) is 19. The first kappa shape index (κ1) is 36.1. The van der Waals surface area contributed by atoms with E-state index in [9.17, 15) is 34.4 Å². The second-order valence-electron chi connectivity index (χ2n) is 11.7. The van der Waals surface area contributed by atoms with Crippen LogP contribution in [0.1, 0.15) is 18.3 Å². The number of aliphatic hydroxyl groups excluding tert-OH is 4. The molecule has 2 bridgehead atoms. The predicted molar refractivity (Wildman–Crippen MR) is 169 cm³/mol. The highest BCUT2D eigenvalue weighted by Gasteiger charge is 2.54. The second-order valence-corrected chi connectivity index (χ2v) is 15.2. The smallest absolute Gasteiger partial charge is 0.395 e. The molecule has 9 N–H and O–H groups in total. The van der Waals surface area contributed by atoms with Crippen molar-refractivity contribution in [2.24, 2.45) is 0 Å². The summed E-state index contributed by atoms with van der Waals surface area (Å²) >= 11 is 0. The van der Waals surface area contributed by atoms with Crippen LogP contribution < -0.4 is 21.5 Å². The summed E-state index contributed by atoms with van der Waals surface area (Å²) in [5.74, 6) is 0.302. The quantitative estimate of drug-likeness (QED) is 0.0865. The Morgan fingerprint density at radius 3 is 2.16 bits per heavy atom. The van der Waals surface area contributed by atoms with Gasteiger partial charge in [0.15, 0.2) is 35.1 Å². The minimum absolute atomic E-state index is 0.0451. The van der Waals surface area contributed by atoms with Crippen molar-refractivity contribution < 1.29 is 57.1 Å². The van der Waals surface area contributed by atoms with Crippen molar-refractivity contribution in [3.05, 3.63) is 35.2 Å². The first-order chi connectivity index (χ1) is 24.4. The Hall–Kier alpha value is -3.32. The summed E-state index contributed by atoms with van der Waals surface area (Å²) < 4.78 is 66.8. The number of H-pyrrole nitrogens is 1. The number of nitrogens with zero attached hydrogens (tertiary/aromatic N) is 7. The minimum atomic E-state index is -4.55. The number of aryl methyl sites for hydroxylation is 1. The molecule has 4 aromatic heterocycles. The van der Waals surface area contributed by atoms with Crippen LogP contribution in [0.15, 0.2) is 23.8 Å². The van der Waals surface area contributed by atoms with E-state index in [1.54, 1.807) is 6.92 Å². The Morgan fingerprint density at radius 1 is 0.863 bits per heavy atom. The molecule has 0 saturated carbocycles. The average molecular weight is 760 g/mol. The number of aromatic nitrogens is 8. The van der Waals surface area contributed by atoms with Crippen molar-refractivity contribution >= 4 is 43.6 Å². The number of aromatic amines is 1. The Morgan fingerprint density at radius 2 is 1.47 bits per heavy atom. The fourth-order valence-electron chi connectivity index (χ4n) is 5.95. The highest BCUT2D eigenvalue weighted by atomic mass is 31.2. The Kier molecular flexibility index (Phi) is 10.1. The zero-order chi connectivity index (χ0) is 36.1. The number of imidazole rings is 2. The molecule has 0 amide bonds. The topological polar surface area (TPSA) is 328 Å². The number of fused-ring (bicyclic) bond motifs is 5. The van der Waals surface area contributed by atoms with Crippen LogP contribution in [0.5, 0.6) is 0 Å². The van der Waals surface area contributed by atoms with Crippen LogP contribution in [-0.4, -0.2) is 136 Å². The molecule has 4 unspecified atom stereocenters. The van der Waals surface area contributed by atoms with Gasteiger partial charge in [0.2, 0.25) is 0 Å². The van der Waals surface area contributed by atoms with Crippen LogP contribution in [0.2, 0.25) is 0 Å². The summed E-state index contributed by atoms with van der Waals surface area (Å²) in [5.41, 5.74) is 5.76. The first-order valence-electron chi connectivity index (χ1n) is 15.6. The molecule has 4 aromatic rings. The third-order valence-electron chi connectivity index (χ3n) is 8.28. The van der Waals surface area contributed by atoms with Crippen LogP contribution in [0.25, 0.3) is 22.3 Å². The summed E-state index contributed by atoms with van der Waals surface area (Å²) in [4.78, 5) is 35.8. The number of hydrogen-bond donors (Lipinski definition) is 8. The Bertz CT molecular complexity index is 2050. The van der Waals surface area contributed by atoms with Gasteiger partial charge in [-0.25, -0.2) is 44.2 Å². The van der Waals surface area contributed by atoms with Gasteiger partial charge in [-0.15, -0.1) is 0 Å². The van der Waals surface area contributed by atoms with E-state index in [1.165, 1.54) is 28.1 Å². The molecule has 10 atom stereocenters. The van der Waals surface area contributed by atoms with Gasteiger partial charge in [0.25, 0.3) is 5.56 Å². The van der Waals surface area contributed by atoms with Gasteiger partial charge < -0.3 is 40.6 Å². The van der Waals surface area contributed by atoms with Crippen molar-refractivity contribution in [2.45, 2.75) is 56.0 Å². The molecular formula is C25H35N11O13P2. The van der Waals surface area contributed by atoms with E-state index < -0.39 is 96.6 Å². The molecule has 3 fully saturated rings. The minimum Gasteiger partial charge on any atom is -0.395 e. The average Bonchev–Trinajstić information content (AvgIpc) is 3.86. The van der Waals surface area contributed by atoms with Crippen molar-refractivity contribution in [2.75, 3.05) is 45.3 Å². The molecule has 0 aromatic carbocycles. The molecule has 51 heavy (non-hydrogen) atoms. The van der Waals surface area contributed by atoms with Gasteiger partial charge in [-0.2, -0.15) is 0 Å². The van der Waals surface area contributed by atoms with Crippen LogP contribution in [0, 0.1) is 6.92 Å². The zero-order valence-electron chi connectivity index (χ0n) is 26.7. The van der Waals surface area contributed by atoms with Crippen LogP contribution in [0.4, 0.5) is 5.82 Å². The molecule has 26 heteroatoms. The van der Waals surface area contributed by atoms with Crippen molar-refractivity contribution in [3.63, 3.8) is 0 Å². The number of rotatable bonds is 8. The second kappa shape index (κ2) is 14.2. The molecule has 7 heterocycles. The van der Waals surface area contributed by atoms with Gasteiger partial charge in [0.1, 0.15) is 54.3 Å². The summed E-state index contributed by atoms with van der Waals surface area (Å²) in [6, 6.07) is 0. The lowest BCUT2D eigenvalue weighted by Crippen LogP contribution is -2.38. The van der Waals surface area contributed by atoms with E-state index in [2.05, 4.69) is 40.1 Å². The van der Waals surface area contributed by atoms with E-state index in [0.29, 0.717) is 0 Å². The third-order valence-corrected chi connectivity index (χ3v) is 11.5. The summed E-state index contributed by atoms with van der Waals surface area (Å²) in [6.45, 7) is -1.30. The summed E-state index contributed by atoms with van der Waals surface area (Å²) in [5, 5.41) is 47.1. The largest absolute Gasteiger partial charge is 0.406 e. The summed E-state index contributed by atoms with van der Waals surface area (Å²) in [6.07, 6.45) is -7.98. The molecule has 3 aliphatic heterocycles. The number of anilines is 1. The van der Waals surface area contributed by atoms with Gasteiger partial charge in [-0.1, -0.05) is 0 Å². The zero-order valence-corrected chi connectivity index (χ0v) is 28.4. The van der Waals surface area contributed by atoms with Crippen molar-refractivity contribution in [3.8, 4) is 0 Å². The molecule has 24 nitrogen and oxygen atoms in total. The van der Waals surface area contributed by atoms with E-state index >= 15 is 0 Å². The maximum atomic E-state index is 14.3. The number of aliphatic hydroxyl groups is 4. The predicted octanol–water partition coefficient (Wildman–Crippen LogP) is -2.44. The lowest BCUT2D eigenvalue weighted by Gasteiger charge is -2.29. The molecule has 7 rings (SSSR count). The lowest BCUT2D eigenvalue weighted by molar-refractivity contribution is -0.0609. The van der Waals surface area contributed by atoms with Gasteiger partial charge in [-0.05, 0) is 6.92 Å². The van der Waals surface area contributed by atoms with Crippen LogP contribution in [-0.2, 0) is 36.7 Å². The van der Waals surface area contributed by atoms with E-state index in [0.717, 1.165) is 0 Å².